The molecule has 0 aromatic heterocycles. The van der Waals surface area contributed by atoms with E-state index in [1.54, 1.807) is 4.90 Å². The molecule has 0 spiro atoms. The molecule has 0 saturated carbocycles. The van der Waals surface area contributed by atoms with Crippen LogP contribution in [0.3, 0.4) is 0 Å². The summed E-state index contributed by atoms with van der Waals surface area (Å²) >= 11 is 3.50. The molecule has 0 radical (unpaired) electrons. The summed E-state index contributed by atoms with van der Waals surface area (Å²) in [6, 6.07) is 13.7. The number of likely N-dealkylation sites (tertiary alicyclic amines) is 1. The topological polar surface area (TPSA) is 49.4 Å². The second-order valence-corrected chi connectivity index (χ2v) is 7.72. The molecule has 136 valence electrons. The maximum absolute atomic E-state index is 12.7. The van der Waals surface area contributed by atoms with Crippen molar-refractivity contribution in [1.82, 2.24) is 4.90 Å². The number of benzene rings is 2. The van der Waals surface area contributed by atoms with Gasteiger partial charge in [0.1, 0.15) is 0 Å². The van der Waals surface area contributed by atoms with Crippen molar-refractivity contribution in [1.29, 1.82) is 0 Å². The largest absolute Gasteiger partial charge is 0.335 e. The molecule has 0 bridgehead atoms. The van der Waals surface area contributed by atoms with E-state index in [0.29, 0.717) is 6.54 Å². The van der Waals surface area contributed by atoms with E-state index in [-0.39, 0.29) is 30.2 Å². The van der Waals surface area contributed by atoms with Crippen LogP contribution in [0.15, 0.2) is 46.9 Å². The fraction of sp³-hybridized carbons (Fsp3) is 0.333. The average molecular weight is 415 g/mol. The molecule has 1 N–H and O–H groups in total. The maximum Gasteiger partial charge on any atom is 0.229 e. The van der Waals surface area contributed by atoms with E-state index < -0.39 is 0 Å². The molecule has 1 aliphatic heterocycles. The molecule has 5 heteroatoms. The van der Waals surface area contributed by atoms with E-state index in [0.717, 1.165) is 26.9 Å². The van der Waals surface area contributed by atoms with Gasteiger partial charge in [0.2, 0.25) is 11.8 Å². The van der Waals surface area contributed by atoms with Crippen molar-refractivity contribution in [3.8, 4) is 0 Å². The summed E-state index contributed by atoms with van der Waals surface area (Å²) < 4.78 is 1.02. The number of carbonyl (C=O) groups is 2. The number of carbonyl (C=O) groups excluding carboxylic acids is 2. The summed E-state index contributed by atoms with van der Waals surface area (Å²) in [5, 5.41) is 3.00. The molecule has 4 nitrogen and oxygen atoms in total. The zero-order valence-electron chi connectivity index (χ0n) is 15.3. The highest BCUT2D eigenvalue weighted by atomic mass is 79.9. The van der Waals surface area contributed by atoms with Crippen LogP contribution in [0.25, 0.3) is 0 Å². The number of hydrogen-bond acceptors (Lipinski definition) is 2. The molecular formula is C21H23BrN2O2. The Labute approximate surface area is 162 Å². The highest BCUT2D eigenvalue weighted by molar-refractivity contribution is 9.10. The molecule has 26 heavy (non-hydrogen) atoms. The van der Waals surface area contributed by atoms with Gasteiger partial charge in [0.25, 0.3) is 0 Å². The Morgan fingerprint density at radius 2 is 1.85 bits per heavy atom. The predicted molar refractivity (Wildman–Crippen MR) is 107 cm³/mol. The fourth-order valence-corrected chi connectivity index (χ4v) is 3.78. The molecule has 1 aliphatic rings. The van der Waals surface area contributed by atoms with Crippen molar-refractivity contribution in [2.75, 3.05) is 11.9 Å². The smallest absolute Gasteiger partial charge is 0.229 e. The van der Waals surface area contributed by atoms with E-state index in [2.05, 4.69) is 21.2 Å². The molecule has 0 aliphatic carbocycles. The normalized spacial score (nSPS) is 18.1. The number of anilines is 1. The summed E-state index contributed by atoms with van der Waals surface area (Å²) in [6.45, 7) is 6.46. The number of hydrogen-bond donors (Lipinski definition) is 1. The molecule has 0 unspecified atom stereocenters. The lowest BCUT2D eigenvalue weighted by atomic mass is 10.1. The second kappa shape index (κ2) is 7.62. The summed E-state index contributed by atoms with van der Waals surface area (Å²) in [4.78, 5) is 27.0. The van der Waals surface area contributed by atoms with Crippen LogP contribution in [0.5, 0.6) is 0 Å². The van der Waals surface area contributed by atoms with Gasteiger partial charge in [0, 0.05) is 23.1 Å². The van der Waals surface area contributed by atoms with Crippen LogP contribution in [-0.2, 0) is 9.59 Å². The monoisotopic (exact) mass is 414 g/mol. The van der Waals surface area contributed by atoms with Gasteiger partial charge in [-0.25, -0.2) is 0 Å². The van der Waals surface area contributed by atoms with Crippen LogP contribution < -0.4 is 5.32 Å². The number of amides is 2. The number of halogens is 1. The van der Waals surface area contributed by atoms with Gasteiger partial charge in [-0.2, -0.15) is 0 Å². The van der Waals surface area contributed by atoms with Gasteiger partial charge >= 0.3 is 0 Å². The minimum absolute atomic E-state index is 0.0295. The highest BCUT2D eigenvalue weighted by Gasteiger charge is 2.37. The lowest BCUT2D eigenvalue weighted by Crippen LogP contribution is -2.30. The maximum atomic E-state index is 12.7. The Hall–Kier alpha value is -2.14. The Kier molecular flexibility index (Phi) is 5.47. The summed E-state index contributed by atoms with van der Waals surface area (Å²) in [7, 11) is 0. The van der Waals surface area contributed by atoms with Crippen molar-refractivity contribution < 1.29 is 9.59 Å². The van der Waals surface area contributed by atoms with Crippen molar-refractivity contribution in [3.63, 3.8) is 0 Å². The van der Waals surface area contributed by atoms with Gasteiger partial charge in [-0.05, 0) is 49.6 Å². The van der Waals surface area contributed by atoms with Gasteiger partial charge in [-0.1, -0.05) is 46.3 Å². The van der Waals surface area contributed by atoms with Gasteiger partial charge in [0.05, 0.1) is 12.0 Å². The predicted octanol–water partition coefficient (Wildman–Crippen LogP) is 4.61. The highest BCUT2D eigenvalue weighted by Crippen LogP contribution is 2.30. The zero-order chi connectivity index (χ0) is 18.8. The van der Waals surface area contributed by atoms with Gasteiger partial charge in [0.15, 0.2) is 0 Å². The van der Waals surface area contributed by atoms with Crippen molar-refractivity contribution >= 4 is 33.4 Å². The lowest BCUT2D eigenvalue weighted by molar-refractivity contribution is -0.129. The van der Waals surface area contributed by atoms with Crippen molar-refractivity contribution in [2.45, 2.75) is 33.2 Å². The standard InChI is InChI=1S/C21H23BrN2O2/c1-13-14(2)19(10-9-18(13)22)23-21(26)17-11-20(25)24(12-17)15(3)16-7-5-4-6-8-16/h4-10,15,17H,11-12H2,1-3H3,(H,23,26)/t15-,17-/m0/s1. The number of rotatable bonds is 4. The minimum Gasteiger partial charge on any atom is -0.335 e. The van der Waals surface area contributed by atoms with Crippen LogP contribution in [0, 0.1) is 19.8 Å². The van der Waals surface area contributed by atoms with Crippen molar-refractivity contribution in [3.05, 3.63) is 63.6 Å². The first-order valence-electron chi connectivity index (χ1n) is 8.79. The fourth-order valence-electron chi connectivity index (χ4n) is 3.35. The minimum atomic E-state index is -0.322. The van der Waals surface area contributed by atoms with Crippen LogP contribution >= 0.6 is 15.9 Å². The third kappa shape index (κ3) is 3.68. The first-order valence-corrected chi connectivity index (χ1v) is 9.58. The molecule has 2 atom stereocenters. The molecule has 2 amide bonds. The SMILES string of the molecule is Cc1c(Br)ccc(NC(=O)[C@H]2CC(=O)N([C@@H](C)c3ccccc3)C2)c1C. The van der Waals surface area contributed by atoms with E-state index in [1.165, 1.54) is 0 Å². The van der Waals surface area contributed by atoms with Crippen LogP contribution in [0.1, 0.15) is 36.1 Å². The zero-order valence-corrected chi connectivity index (χ0v) is 16.8. The number of nitrogens with one attached hydrogen (secondary N) is 1. The van der Waals surface area contributed by atoms with E-state index in [1.807, 2.05) is 63.2 Å². The summed E-state index contributed by atoms with van der Waals surface area (Å²) in [5.74, 6) is -0.381. The van der Waals surface area contributed by atoms with Crippen LogP contribution in [0.4, 0.5) is 5.69 Å². The molecular weight excluding hydrogens is 392 g/mol. The molecule has 2 aromatic rings. The Balaban J connectivity index is 1.70. The molecule has 1 saturated heterocycles. The third-order valence-electron chi connectivity index (χ3n) is 5.26. The third-order valence-corrected chi connectivity index (χ3v) is 6.12. The van der Waals surface area contributed by atoms with Gasteiger partial charge < -0.3 is 10.2 Å². The first-order chi connectivity index (χ1) is 12.4. The van der Waals surface area contributed by atoms with E-state index in [4.69, 9.17) is 0 Å². The Bertz CT molecular complexity index is 835. The summed E-state index contributed by atoms with van der Waals surface area (Å²) in [5.41, 5.74) is 4.02. The second-order valence-electron chi connectivity index (χ2n) is 6.87. The van der Waals surface area contributed by atoms with Crippen LogP contribution in [-0.4, -0.2) is 23.3 Å². The lowest BCUT2D eigenvalue weighted by Gasteiger charge is -2.25. The van der Waals surface area contributed by atoms with Crippen LogP contribution in [0.2, 0.25) is 0 Å². The number of nitrogens with zero attached hydrogens (tertiary/aromatic N) is 1. The van der Waals surface area contributed by atoms with E-state index in [9.17, 15) is 9.59 Å². The average Bonchev–Trinajstić information content (AvgIpc) is 3.04. The molecule has 3 rings (SSSR count). The first kappa shape index (κ1) is 18.6. The molecule has 1 fully saturated rings. The molecule has 2 aromatic carbocycles. The Morgan fingerprint density at radius 1 is 1.15 bits per heavy atom. The summed E-state index contributed by atoms with van der Waals surface area (Å²) in [6.07, 6.45) is 0.261. The Morgan fingerprint density at radius 3 is 2.54 bits per heavy atom. The van der Waals surface area contributed by atoms with Gasteiger partial charge in [-0.3, -0.25) is 9.59 Å². The van der Waals surface area contributed by atoms with E-state index >= 15 is 0 Å². The quantitative estimate of drug-likeness (QED) is 0.793. The molecule has 1 heterocycles. The van der Waals surface area contributed by atoms with Gasteiger partial charge in [-0.15, -0.1) is 0 Å². The van der Waals surface area contributed by atoms with Crippen molar-refractivity contribution in [2.24, 2.45) is 5.92 Å².